The third kappa shape index (κ3) is 2.85. The van der Waals surface area contributed by atoms with Crippen molar-refractivity contribution in [2.24, 2.45) is 0 Å². The molecular weight excluding hydrogens is 252 g/mol. The normalized spacial score (nSPS) is 25.1. The fraction of sp³-hybridized carbons (Fsp3) is 0.727. The van der Waals surface area contributed by atoms with Gasteiger partial charge in [0, 0.05) is 13.1 Å². The number of morpholine rings is 1. The molecule has 1 aromatic rings. The van der Waals surface area contributed by atoms with Gasteiger partial charge in [0.2, 0.25) is 0 Å². The van der Waals surface area contributed by atoms with E-state index in [2.05, 4.69) is 19.8 Å². The third-order valence-electron chi connectivity index (χ3n) is 3.10. The van der Waals surface area contributed by atoms with Gasteiger partial charge in [0.1, 0.15) is 0 Å². The molecule has 0 aromatic carbocycles. The van der Waals surface area contributed by atoms with Gasteiger partial charge in [-0.15, -0.1) is 5.10 Å². The van der Waals surface area contributed by atoms with Crippen LogP contribution in [-0.2, 0) is 16.1 Å². The lowest BCUT2D eigenvalue weighted by molar-refractivity contribution is -0.155. The first-order valence-electron chi connectivity index (χ1n) is 5.90. The zero-order valence-electron chi connectivity index (χ0n) is 10.9. The van der Waals surface area contributed by atoms with Gasteiger partial charge < -0.3 is 15.0 Å². The number of nitrogens with zero attached hydrogens (tertiary/aromatic N) is 3. The molecular formula is C11H18N4O2S. The monoisotopic (exact) mass is 270 g/mol. The summed E-state index contributed by atoms with van der Waals surface area (Å²) in [6, 6.07) is 0. The van der Waals surface area contributed by atoms with E-state index in [1.54, 1.807) is 0 Å². The summed E-state index contributed by atoms with van der Waals surface area (Å²) in [6.07, 6.45) is 0. The SMILES string of the molecule is Cc1nnsc1CNC(=O)[C@@]1(C)CN(C)CCO1. The van der Waals surface area contributed by atoms with Crippen LogP contribution in [-0.4, -0.2) is 52.7 Å². The summed E-state index contributed by atoms with van der Waals surface area (Å²) in [5, 5.41) is 6.81. The predicted molar refractivity (Wildman–Crippen MR) is 68.3 cm³/mol. The molecule has 0 saturated carbocycles. The van der Waals surface area contributed by atoms with E-state index in [1.807, 2.05) is 20.9 Å². The van der Waals surface area contributed by atoms with Crippen molar-refractivity contribution in [1.29, 1.82) is 0 Å². The van der Waals surface area contributed by atoms with Crippen LogP contribution in [0.3, 0.4) is 0 Å². The average molecular weight is 270 g/mol. The van der Waals surface area contributed by atoms with Gasteiger partial charge in [-0.05, 0) is 32.4 Å². The maximum absolute atomic E-state index is 12.2. The van der Waals surface area contributed by atoms with Crippen LogP contribution in [0.25, 0.3) is 0 Å². The number of carbonyl (C=O) groups is 1. The van der Waals surface area contributed by atoms with Crippen LogP contribution >= 0.6 is 11.5 Å². The van der Waals surface area contributed by atoms with Gasteiger partial charge >= 0.3 is 0 Å². The highest BCUT2D eigenvalue weighted by molar-refractivity contribution is 7.05. The van der Waals surface area contributed by atoms with E-state index < -0.39 is 5.60 Å². The quantitative estimate of drug-likeness (QED) is 0.849. The van der Waals surface area contributed by atoms with Crippen LogP contribution in [0.1, 0.15) is 17.5 Å². The highest BCUT2D eigenvalue weighted by atomic mass is 32.1. The number of rotatable bonds is 3. The van der Waals surface area contributed by atoms with E-state index in [0.717, 1.165) is 17.1 Å². The second-order valence-electron chi connectivity index (χ2n) is 4.78. The molecule has 0 radical (unpaired) electrons. The summed E-state index contributed by atoms with van der Waals surface area (Å²) in [4.78, 5) is 15.3. The molecule has 1 aromatic heterocycles. The highest BCUT2D eigenvalue weighted by Crippen LogP contribution is 2.17. The maximum atomic E-state index is 12.2. The fourth-order valence-corrected chi connectivity index (χ4v) is 2.54. The van der Waals surface area contributed by atoms with Gasteiger partial charge in [-0.25, -0.2) is 0 Å². The number of likely N-dealkylation sites (N-methyl/N-ethyl adjacent to an activating group) is 1. The van der Waals surface area contributed by atoms with E-state index >= 15 is 0 Å². The van der Waals surface area contributed by atoms with Crippen LogP contribution in [0.4, 0.5) is 0 Å². The summed E-state index contributed by atoms with van der Waals surface area (Å²) >= 11 is 1.31. The van der Waals surface area contributed by atoms with E-state index in [4.69, 9.17) is 4.74 Å². The molecule has 2 heterocycles. The van der Waals surface area contributed by atoms with Crippen molar-refractivity contribution < 1.29 is 9.53 Å². The first-order valence-corrected chi connectivity index (χ1v) is 6.67. The van der Waals surface area contributed by atoms with E-state index in [1.165, 1.54) is 11.5 Å². The molecule has 1 aliphatic rings. The molecule has 0 unspecified atom stereocenters. The second kappa shape index (κ2) is 5.29. The van der Waals surface area contributed by atoms with Gasteiger partial charge in [0.25, 0.3) is 5.91 Å². The molecule has 18 heavy (non-hydrogen) atoms. The topological polar surface area (TPSA) is 67.4 Å². The van der Waals surface area contributed by atoms with E-state index in [0.29, 0.717) is 19.7 Å². The maximum Gasteiger partial charge on any atom is 0.253 e. The smallest absolute Gasteiger partial charge is 0.253 e. The van der Waals surface area contributed by atoms with Crippen LogP contribution in [0, 0.1) is 6.92 Å². The number of ether oxygens (including phenoxy) is 1. The number of carbonyl (C=O) groups excluding carboxylic acids is 1. The highest BCUT2D eigenvalue weighted by Gasteiger charge is 2.38. The van der Waals surface area contributed by atoms with Crippen molar-refractivity contribution in [1.82, 2.24) is 19.8 Å². The molecule has 6 nitrogen and oxygen atoms in total. The Morgan fingerprint density at radius 3 is 3.06 bits per heavy atom. The van der Waals surface area contributed by atoms with Gasteiger partial charge in [-0.3, -0.25) is 4.79 Å². The zero-order valence-corrected chi connectivity index (χ0v) is 11.7. The van der Waals surface area contributed by atoms with E-state index in [9.17, 15) is 4.79 Å². The summed E-state index contributed by atoms with van der Waals surface area (Å²) < 4.78 is 9.46. The van der Waals surface area contributed by atoms with Crippen molar-refractivity contribution in [3.8, 4) is 0 Å². The standard InChI is InChI=1S/C11H18N4O2S/c1-8-9(18-14-13-8)6-12-10(16)11(2)7-15(3)4-5-17-11/h4-7H2,1-3H3,(H,12,16)/t11-/m1/s1. The first kappa shape index (κ1) is 13.4. The minimum atomic E-state index is -0.765. The molecule has 0 aliphatic carbocycles. The van der Waals surface area contributed by atoms with Gasteiger partial charge in [-0.2, -0.15) is 0 Å². The molecule has 1 amide bonds. The Hall–Kier alpha value is -1.05. The lowest BCUT2D eigenvalue weighted by atomic mass is 10.0. The second-order valence-corrected chi connectivity index (χ2v) is 5.62. The third-order valence-corrected chi connectivity index (χ3v) is 3.92. The molecule has 0 bridgehead atoms. The number of amides is 1. The minimum absolute atomic E-state index is 0.0816. The predicted octanol–water partition coefficient (Wildman–Crippen LogP) is 0.183. The van der Waals surface area contributed by atoms with Crippen LogP contribution in [0.15, 0.2) is 0 Å². The molecule has 1 fully saturated rings. The van der Waals surface area contributed by atoms with Gasteiger partial charge in [0.05, 0.1) is 23.7 Å². The van der Waals surface area contributed by atoms with Crippen molar-refractivity contribution in [3.05, 3.63) is 10.6 Å². The van der Waals surface area contributed by atoms with Crippen molar-refractivity contribution in [3.63, 3.8) is 0 Å². The summed E-state index contributed by atoms with van der Waals surface area (Å²) in [7, 11) is 1.99. The number of hydrogen-bond acceptors (Lipinski definition) is 6. The van der Waals surface area contributed by atoms with Crippen LogP contribution in [0.2, 0.25) is 0 Å². The molecule has 100 valence electrons. The number of nitrogens with one attached hydrogen (secondary N) is 1. The van der Waals surface area contributed by atoms with Crippen LogP contribution < -0.4 is 5.32 Å². The Morgan fingerprint density at radius 1 is 1.67 bits per heavy atom. The number of aromatic nitrogens is 2. The van der Waals surface area contributed by atoms with Gasteiger partial charge in [0.15, 0.2) is 5.60 Å². The Balaban J connectivity index is 1.93. The average Bonchev–Trinajstić information content (AvgIpc) is 2.71. The Labute approximate surface area is 110 Å². The molecule has 2 rings (SSSR count). The molecule has 0 spiro atoms. The van der Waals surface area contributed by atoms with Crippen LogP contribution in [0.5, 0.6) is 0 Å². The largest absolute Gasteiger partial charge is 0.363 e. The summed E-state index contributed by atoms with van der Waals surface area (Å²) in [5.41, 5.74) is 0.103. The fourth-order valence-electron chi connectivity index (χ4n) is 1.96. The molecule has 7 heteroatoms. The molecule has 1 atom stereocenters. The zero-order chi connectivity index (χ0) is 13.2. The van der Waals surface area contributed by atoms with Crippen molar-refractivity contribution >= 4 is 17.4 Å². The minimum Gasteiger partial charge on any atom is -0.363 e. The van der Waals surface area contributed by atoms with Gasteiger partial charge in [-0.1, -0.05) is 4.49 Å². The Kier molecular flexibility index (Phi) is 3.94. The molecule has 1 saturated heterocycles. The summed E-state index contributed by atoms with van der Waals surface area (Å²) in [6.45, 7) is 6.24. The van der Waals surface area contributed by atoms with E-state index in [-0.39, 0.29) is 5.91 Å². The Morgan fingerprint density at radius 2 is 2.44 bits per heavy atom. The number of hydrogen-bond donors (Lipinski definition) is 1. The Bertz CT molecular complexity index is 436. The van der Waals surface area contributed by atoms with Crippen molar-refractivity contribution in [2.45, 2.75) is 26.0 Å². The molecule has 1 aliphatic heterocycles. The first-order chi connectivity index (χ1) is 8.51. The summed E-state index contributed by atoms with van der Waals surface area (Å²) in [5.74, 6) is -0.0816. The van der Waals surface area contributed by atoms with Crippen molar-refractivity contribution in [2.75, 3.05) is 26.7 Å². The lowest BCUT2D eigenvalue weighted by Crippen LogP contribution is -2.57. The lowest BCUT2D eigenvalue weighted by Gasteiger charge is -2.37. The molecule has 1 N–H and O–H groups in total. The number of aryl methyl sites for hydroxylation is 1.